The van der Waals surface area contributed by atoms with E-state index in [9.17, 15) is 8.78 Å². The van der Waals surface area contributed by atoms with Crippen LogP contribution in [0.15, 0.2) is 42.5 Å². The van der Waals surface area contributed by atoms with E-state index in [2.05, 4.69) is 0 Å². The van der Waals surface area contributed by atoms with Crippen molar-refractivity contribution in [1.29, 1.82) is 5.26 Å². The maximum Gasteiger partial charge on any atom is 0.165 e. The first-order valence-corrected chi connectivity index (χ1v) is 9.12. The molecule has 8 heteroatoms. The number of nitrogens with zero attached hydrogens (tertiary/aromatic N) is 2. The monoisotopic (exact) mass is 405 g/mol. The van der Waals surface area contributed by atoms with E-state index in [1.165, 1.54) is 13.2 Å². The van der Waals surface area contributed by atoms with Gasteiger partial charge in [0.1, 0.15) is 13.5 Å². The van der Waals surface area contributed by atoms with Gasteiger partial charge in [0.15, 0.2) is 11.6 Å². The fourth-order valence-corrected chi connectivity index (χ4v) is 2.68. The first kappa shape index (κ1) is 22.6. The Labute approximate surface area is 169 Å². The molecule has 2 aromatic rings. The number of hydrogen-bond donors (Lipinski definition) is 1. The topological polar surface area (TPSA) is 80.7 Å². The highest BCUT2D eigenvalue weighted by Gasteiger charge is 2.10. The summed E-state index contributed by atoms with van der Waals surface area (Å²) in [6.45, 7) is 1.74. The molecule has 2 aromatic carbocycles. The number of nitrogens with two attached hydrogens (primary N) is 1. The molecule has 1 heterocycles. The van der Waals surface area contributed by atoms with Gasteiger partial charge in [-0.15, -0.1) is 0 Å². The predicted molar refractivity (Wildman–Crippen MR) is 106 cm³/mol. The molecule has 0 saturated carbocycles. The van der Waals surface area contributed by atoms with Gasteiger partial charge in [-0.25, -0.2) is 8.78 Å². The van der Waals surface area contributed by atoms with Crippen LogP contribution >= 0.6 is 0 Å². The van der Waals surface area contributed by atoms with Gasteiger partial charge in [-0.05, 0) is 42.0 Å². The van der Waals surface area contributed by atoms with E-state index in [1.807, 2.05) is 6.07 Å². The molecule has 0 spiro atoms. The molecular weight excluding hydrogens is 380 g/mol. The Morgan fingerprint density at radius 3 is 2.38 bits per heavy atom. The van der Waals surface area contributed by atoms with Crippen LogP contribution in [0.5, 0.6) is 5.75 Å². The second-order valence-corrected chi connectivity index (χ2v) is 6.36. The molecule has 1 fully saturated rings. The Morgan fingerprint density at radius 1 is 1.21 bits per heavy atom. The second-order valence-electron chi connectivity index (χ2n) is 6.36. The Balaban J connectivity index is 0.000000360. The van der Waals surface area contributed by atoms with Gasteiger partial charge in [-0.3, -0.25) is 0 Å². The van der Waals surface area contributed by atoms with Crippen LogP contribution in [0.3, 0.4) is 0 Å². The molecule has 0 bridgehead atoms. The molecule has 1 aliphatic rings. The van der Waals surface area contributed by atoms with E-state index < -0.39 is 12.5 Å². The van der Waals surface area contributed by atoms with Crippen LogP contribution < -0.4 is 15.4 Å². The van der Waals surface area contributed by atoms with E-state index >= 15 is 0 Å². The fraction of sp³-hybridized carbons (Fsp3) is 0.381. The number of rotatable bonds is 6. The van der Waals surface area contributed by atoms with Gasteiger partial charge in [-0.1, -0.05) is 6.07 Å². The van der Waals surface area contributed by atoms with Gasteiger partial charge in [0, 0.05) is 18.8 Å². The Kier molecular flexibility index (Phi) is 9.31. The smallest absolute Gasteiger partial charge is 0.165 e. The summed E-state index contributed by atoms with van der Waals surface area (Å²) in [6.07, 6.45) is 0. The molecule has 0 atom stereocenters. The van der Waals surface area contributed by atoms with E-state index in [-0.39, 0.29) is 18.3 Å². The van der Waals surface area contributed by atoms with Gasteiger partial charge in [-0.2, -0.15) is 5.26 Å². The molecule has 2 N–H and O–H groups in total. The third-order valence-electron chi connectivity index (χ3n) is 4.14. The zero-order valence-electron chi connectivity index (χ0n) is 16.3. The van der Waals surface area contributed by atoms with Crippen molar-refractivity contribution in [2.45, 2.75) is 12.6 Å². The number of anilines is 1. The van der Waals surface area contributed by atoms with Crippen molar-refractivity contribution in [1.82, 2.24) is 0 Å². The van der Waals surface area contributed by atoms with Crippen LogP contribution in [-0.2, 0) is 16.0 Å². The normalized spacial score (nSPS) is 13.8. The lowest BCUT2D eigenvalue weighted by molar-refractivity contribution is -0.106. The summed E-state index contributed by atoms with van der Waals surface area (Å²) in [5.74, 6) is -0.265. The minimum atomic E-state index is -0.515. The van der Waals surface area contributed by atoms with Gasteiger partial charge < -0.3 is 24.8 Å². The minimum Gasteiger partial charge on any atom is -0.494 e. The highest BCUT2D eigenvalue weighted by atomic mass is 19.1. The molecule has 1 aliphatic heterocycles. The molecule has 6 nitrogen and oxygen atoms in total. The molecule has 156 valence electrons. The number of methoxy groups -OCH3 is 1. The maximum atomic E-state index is 13.7. The van der Waals surface area contributed by atoms with Crippen LogP contribution in [-0.4, -0.2) is 46.4 Å². The largest absolute Gasteiger partial charge is 0.494 e. The lowest BCUT2D eigenvalue weighted by Gasteiger charge is -2.24. The van der Waals surface area contributed by atoms with Crippen molar-refractivity contribution in [2.75, 3.05) is 45.2 Å². The number of hydrogen-bond acceptors (Lipinski definition) is 6. The minimum absolute atomic E-state index is 0.0914. The van der Waals surface area contributed by atoms with Crippen molar-refractivity contribution in [3.63, 3.8) is 0 Å². The molecule has 0 aromatic heterocycles. The van der Waals surface area contributed by atoms with Crippen molar-refractivity contribution in [2.24, 2.45) is 5.73 Å². The van der Waals surface area contributed by atoms with E-state index in [4.69, 9.17) is 25.2 Å². The molecule has 29 heavy (non-hydrogen) atoms. The van der Waals surface area contributed by atoms with Crippen LogP contribution in [0.25, 0.3) is 0 Å². The molecule has 0 aliphatic carbocycles. The molecule has 0 radical (unpaired) electrons. The van der Waals surface area contributed by atoms with E-state index in [0.717, 1.165) is 11.3 Å². The zero-order chi connectivity index (χ0) is 21.1. The number of ether oxygens (including phenoxy) is 3. The molecule has 0 amide bonds. The summed E-state index contributed by atoms with van der Waals surface area (Å²) in [7, 11) is 1.41. The predicted octanol–water partition coefficient (Wildman–Crippen LogP) is 3.00. The molecule has 0 unspecified atom stereocenters. The SMILES string of the molecule is COc1ccc(CN(CCF)c2ccc(C#N)cc2)cc1F.NC1COCOC1. The van der Waals surface area contributed by atoms with Gasteiger partial charge in [0.25, 0.3) is 0 Å². The van der Waals surface area contributed by atoms with Crippen LogP contribution in [0, 0.1) is 17.1 Å². The first-order chi connectivity index (χ1) is 14.1. The molecular formula is C21H25F2N3O3. The summed E-state index contributed by atoms with van der Waals surface area (Å²) in [5, 5.41) is 8.81. The van der Waals surface area contributed by atoms with Crippen molar-refractivity contribution in [3.8, 4) is 11.8 Å². The van der Waals surface area contributed by atoms with Crippen LogP contribution in [0.2, 0.25) is 0 Å². The van der Waals surface area contributed by atoms with Crippen molar-refractivity contribution in [3.05, 3.63) is 59.4 Å². The van der Waals surface area contributed by atoms with Gasteiger partial charge in [0.2, 0.25) is 0 Å². The lowest BCUT2D eigenvalue weighted by Crippen LogP contribution is -2.36. The summed E-state index contributed by atoms with van der Waals surface area (Å²) in [4.78, 5) is 1.79. The zero-order valence-corrected chi connectivity index (χ0v) is 16.3. The number of halogens is 2. The summed E-state index contributed by atoms with van der Waals surface area (Å²) >= 11 is 0. The molecule has 3 rings (SSSR count). The highest BCUT2D eigenvalue weighted by Crippen LogP contribution is 2.22. The number of nitriles is 1. The Morgan fingerprint density at radius 2 is 1.90 bits per heavy atom. The third-order valence-corrected chi connectivity index (χ3v) is 4.14. The summed E-state index contributed by atoms with van der Waals surface area (Å²) in [6, 6.07) is 13.7. The van der Waals surface area contributed by atoms with E-state index in [1.54, 1.807) is 41.3 Å². The standard InChI is InChI=1S/C17H16F2N2O.C4H9NO2/c1-22-17-7-4-14(10-16(17)19)12-21(9-8-18)15-5-2-13(11-20)3-6-15;5-4-1-6-3-7-2-4/h2-7,10H,8-9,12H2,1H3;4H,1-3,5H2. The summed E-state index contributed by atoms with van der Waals surface area (Å²) < 4.78 is 41.1. The summed E-state index contributed by atoms with van der Waals surface area (Å²) in [5.41, 5.74) is 7.43. The number of benzene rings is 2. The maximum absolute atomic E-state index is 13.7. The van der Waals surface area contributed by atoms with Crippen molar-refractivity contribution < 1.29 is 23.0 Å². The number of alkyl halides is 1. The molecule has 1 saturated heterocycles. The highest BCUT2D eigenvalue weighted by molar-refractivity contribution is 5.50. The third kappa shape index (κ3) is 7.31. The van der Waals surface area contributed by atoms with Crippen LogP contribution in [0.1, 0.15) is 11.1 Å². The average Bonchev–Trinajstić information content (AvgIpc) is 2.75. The van der Waals surface area contributed by atoms with Crippen LogP contribution in [0.4, 0.5) is 14.5 Å². The lowest BCUT2D eigenvalue weighted by atomic mass is 10.1. The Bertz CT molecular complexity index is 791. The van der Waals surface area contributed by atoms with Gasteiger partial charge in [0.05, 0.1) is 38.0 Å². The van der Waals surface area contributed by atoms with E-state index in [0.29, 0.717) is 32.1 Å². The average molecular weight is 405 g/mol. The van der Waals surface area contributed by atoms with Crippen molar-refractivity contribution >= 4 is 5.69 Å². The quantitative estimate of drug-likeness (QED) is 0.796. The fourth-order valence-electron chi connectivity index (χ4n) is 2.68. The second kappa shape index (κ2) is 12.0. The van der Waals surface area contributed by atoms with Gasteiger partial charge >= 0.3 is 0 Å². The Hall–Kier alpha value is -2.73. The first-order valence-electron chi connectivity index (χ1n) is 9.12.